The molecule has 2 fully saturated rings. The Balaban J connectivity index is 1.32. The summed E-state index contributed by atoms with van der Waals surface area (Å²) in [5.41, 5.74) is 0.699. The fraction of sp³-hybridized carbons (Fsp3) is 0.409. The van der Waals surface area contributed by atoms with E-state index in [2.05, 4.69) is 10.6 Å². The molecule has 5 nitrogen and oxygen atoms in total. The summed E-state index contributed by atoms with van der Waals surface area (Å²) in [6.45, 7) is 0. The monoisotopic (exact) mass is 452 g/mol. The summed E-state index contributed by atoms with van der Waals surface area (Å²) in [7, 11) is -2.87. The minimum absolute atomic E-state index is 0.0557. The summed E-state index contributed by atoms with van der Waals surface area (Å²) in [5.74, 6) is 0.216. The zero-order valence-electron chi connectivity index (χ0n) is 16.7. The van der Waals surface area contributed by atoms with Crippen LogP contribution in [0, 0.1) is 0 Å². The molecule has 2 aromatic rings. The van der Waals surface area contributed by atoms with E-state index in [-0.39, 0.29) is 23.1 Å². The molecule has 31 heavy (non-hydrogen) atoms. The molecular weight excluding hydrogens is 429 g/mol. The molecular formula is C22H23F3N2O3S. The van der Waals surface area contributed by atoms with Crippen LogP contribution in [0.4, 0.5) is 18.9 Å². The summed E-state index contributed by atoms with van der Waals surface area (Å²) in [6.07, 6.45) is -2.24. The van der Waals surface area contributed by atoms with Gasteiger partial charge < -0.3 is 10.6 Å². The molecule has 4 rings (SSSR count). The lowest BCUT2D eigenvalue weighted by atomic mass is 10.1. The molecule has 1 saturated heterocycles. The van der Waals surface area contributed by atoms with E-state index in [1.165, 1.54) is 12.1 Å². The number of hydrogen-bond donors (Lipinski definition) is 2. The molecule has 1 aliphatic carbocycles. The summed E-state index contributed by atoms with van der Waals surface area (Å²) in [4.78, 5) is 12.3. The van der Waals surface area contributed by atoms with Gasteiger partial charge in [-0.2, -0.15) is 13.2 Å². The van der Waals surface area contributed by atoms with Crippen molar-refractivity contribution in [1.82, 2.24) is 5.32 Å². The maximum Gasteiger partial charge on any atom is 0.416 e. The Morgan fingerprint density at radius 2 is 1.68 bits per heavy atom. The fourth-order valence-electron chi connectivity index (χ4n) is 3.96. The molecule has 1 aliphatic heterocycles. The van der Waals surface area contributed by atoms with Gasteiger partial charge in [0.15, 0.2) is 0 Å². The van der Waals surface area contributed by atoms with Crippen molar-refractivity contribution in [3.8, 4) is 0 Å². The number of carbonyl (C=O) groups is 1. The molecule has 2 aromatic carbocycles. The third kappa shape index (κ3) is 5.46. The van der Waals surface area contributed by atoms with E-state index in [0.717, 1.165) is 24.1 Å². The van der Waals surface area contributed by atoms with E-state index in [1.54, 1.807) is 12.1 Å². The van der Waals surface area contributed by atoms with Gasteiger partial charge in [-0.25, -0.2) is 8.42 Å². The number of benzene rings is 2. The number of halogens is 3. The van der Waals surface area contributed by atoms with E-state index in [4.69, 9.17) is 0 Å². The molecule has 166 valence electrons. The lowest BCUT2D eigenvalue weighted by Crippen LogP contribution is -2.39. The zero-order valence-corrected chi connectivity index (χ0v) is 17.5. The van der Waals surface area contributed by atoms with Crippen LogP contribution < -0.4 is 10.6 Å². The van der Waals surface area contributed by atoms with E-state index in [1.807, 2.05) is 12.1 Å². The van der Waals surface area contributed by atoms with Gasteiger partial charge in [0.1, 0.15) is 9.84 Å². The third-order valence-electron chi connectivity index (χ3n) is 5.84. The van der Waals surface area contributed by atoms with E-state index in [0.29, 0.717) is 30.5 Å². The highest BCUT2D eigenvalue weighted by Gasteiger charge is 2.40. The first-order valence-corrected chi connectivity index (χ1v) is 12.0. The quantitative estimate of drug-likeness (QED) is 0.720. The molecule has 0 bridgehead atoms. The Bertz CT molecular complexity index is 1050. The number of amides is 1. The molecule has 0 radical (unpaired) electrons. The molecule has 0 unspecified atom stereocenters. The topological polar surface area (TPSA) is 75.3 Å². The third-order valence-corrected chi connectivity index (χ3v) is 7.56. The summed E-state index contributed by atoms with van der Waals surface area (Å²) >= 11 is 0. The van der Waals surface area contributed by atoms with Crippen LogP contribution in [0.1, 0.15) is 46.7 Å². The van der Waals surface area contributed by atoms with Gasteiger partial charge in [0.05, 0.1) is 17.1 Å². The molecule has 9 heteroatoms. The van der Waals surface area contributed by atoms with Crippen molar-refractivity contribution in [3.63, 3.8) is 0 Å². The van der Waals surface area contributed by atoms with Crippen molar-refractivity contribution in [3.05, 3.63) is 65.2 Å². The van der Waals surface area contributed by atoms with Crippen LogP contribution in [0.5, 0.6) is 0 Å². The van der Waals surface area contributed by atoms with Crippen LogP contribution in [0.25, 0.3) is 0 Å². The molecule has 2 atom stereocenters. The van der Waals surface area contributed by atoms with Crippen LogP contribution in [0.2, 0.25) is 0 Å². The average molecular weight is 452 g/mol. The lowest BCUT2D eigenvalue weighted by molar-refractivity contribution is -0.137. The molecule has 1 heterocycles. The minimum Gasteiger partial charge on any atom is -0.322 e. The van der Waals surface area contributed by atoms with Gasteiger partial charge in [0.2, 0.25) is 0 Å². The van der Waals surface area contributed by atoms with Crippen molar-refractivity contribution in [2.45, 2.75) is 43.4 Å². The Hall–Kier alpha value is -2.39. The second kappa shape index (κ2) is 8.27. The SMILES string of the molecule is O=C(Nc1ccc([C@@H]2C[C@H]2NC2CCS(=O)(=O)CC2)cc1)c1cccc(C(F)(F)F)c1. The largest absolute Gasteiger partial charge is 0.416 e. The van der Waals surface area contributed by atoms with Crippen LogP contribution in [0.15, 0.2) is 48.5 Å². The van der Waals surface area contributed by atoms with Gasteiger partial charge in [0.25, 0.3) is 5.91 Å². The normalized spacial score (nSPS) is 23.3. The van der Waals surface area contributed by atoms with Crippen molar-refractivity contribution < 1.29 is 26.4 Å². The van der Waals surface area contributed by atoms with Crippen molar-refractivity contribution in [1.29, 1.82) is 0 Å². The van der Waals surface area contributed by atoms with Gasteiger partial charge in [-0.15, -0.1) is 0 Å². The number of hydrogen-bond acceptors (Lipinski definition) is 4. The Morgan fingerprint density at radius 1 is 1.00 bits per heavy atom. The first-order valence-electron chi connectivity index (χ1n) is 10.2. The van der Waals surface area contributed by atoms with Gasteiger partial charge in [-0.3, -0.25) is 4.79 Å². The fourth-order valence-corrected chi connectivity index (χ4v) is 5.45. The van der Waals surface area contributed by atoms with Gasteiger partial charge in [0, 0.05) is 29.3 Å². The highest BCUT2D eigenvalue weighted by atomic mass is 32.2. The standard InChI is InChI=1S/C22H23F3N2O3S/c23-22(24,25)16-3-1-2-15(12-16)21(28)27-17-6-4-14(5-7-17)19-13-20(19)26-18-8-10-31(29,30)11-9-18/h1-7,12,18-20,26H,8-11,13H2,(H,27,28)/t19-,20+/m0/s1. The predicted octanol–water partition coefficient (Wildman–Crippen LogP) is 3.98. The number of anilines is 1. The first kappa shape index (κ1) is 21.8. The van der Waals surface area contributed by atoms with Gasteiger partial charge in [-0.05, 0) is 55.2 Å². The van der Waals surface area contributed by atoms with Crippen LogP contribution in [-0.4, -0.2) is 37.9 Å². The minimum atomic E-state index is -4.50. The van der Waals surface area contributed by atoms with Crippen LogP contribution in [0.3, 0.4) is 0 Å². The zero-order chi connectivity index (χ0) is 22.2. The van der Waals surface area contributed by atoms with E-state index in [9.17, 15) is 26.4 Å². The van der Waals surface area contributed by atoms with Crippen molar-refractivity contribution >= 4 is 21.4 Å². The van der Waals surface area contributed by atoms with Crippen LogP contribution >= 0.6 is 0 Å². The second-order valence-electron chi connectivity index (χ2n) is 8.20. The second-order valence-corrected chi connectivity index (χ2v) is 10.5. The van der Waals surface area contributed by atoms with Crippen molar-refractivity contribution in [2.75, 3.05) is 16.8 Å². The number of rotatable bonds is 5. The predicted molar refractivity (Wildman–Crippen MR) is 112 cm³/mol. The number of nitrogens with one attached hydrogen (secondary N) is 2. The van der Waals surface area contributed by atoms with E-state index >= 15 is 0 Å². The number of sulfone groups is 1. The molecule has 2 aliphatic rings. The molecule has 0 spiro atoms. The molecule has 2 N–H and O–H groups in total. The highest BCUT2D eigenvalue weighted by molar-refractivity contribution is 7.91. The van der Waals surface area contributed by atoms with E-state index < -0.39 is 27.5 Å². The molecule has 0 aromatic heterocycles. The smallest absolute Gasteiger partial charge is 0.322 e. The summed E-state index contributed by atoms with van der Waals surface area (Å²) in [6, 6.07) is 12.1. The molecule has 1 amide bonds. The molecule has 1 saturated carbocycles. The Morgan fingerprint density at radius 3 is 2.32 bits per heavy atom. The average Bonchev–Trinajstić information content (AvgIpc) is 3.49. The summed E-state index contributed by atoms with van der Waals surface area (Å²) in [5, 5.41) is 6.17. The van der Waals surface area contributed by atoms with Crippen LogP contribution in [-0.2, 0) is 16.0 Å². The van der Waals surface area contributed by atoms with Gasteiger partial charge in [-0.1, -0.05) is 18.2 Å². The Kier molecular flexibility index (Phi) is 5.83. The van der Waals surface area contributed by atoms with Crippen molar-refractivity contribution in [2.24, 2.45) is 0 Å². The highest BCUT2D eigenvalue weighted by Crippen LogP contribution is 2.42. The lowest BCUT2D eigenvalue weighted by Gasteiger charge is -2.23. The summed E-state index contributed by atoms with van der Waals surface area (Å²) < 4.78 is 61.6. The maximum absolute atomic E-state index is 12.8. The number of carbonyl (C=O) groups excluding carboxylic acids is 1. The maximum atomic E-state index is 12.8. The number of alkyl halides is 3. The Labute approximate surface area is 179 Å². The van der Waals surface area contributed by atoms with Gasteiger partial charge >= 0.3 is 6.18 Å². The first-order chi connectivity index (χ1) is 14.6.